The summed E-state index contributed by atoms with van der Waals surface area (Å²) in [6, 6.07) is 4.39. The fraction of sp³-hybridized carbons (Fsp3) is 0.714. The van der Waals surface area contributed by atoms with Crippen molar-refractivity contribution in [1.29, 1.82) is 0 Å². The number of nitrogens with zero attached hydrogens (tertiary/aromatic N) is 2. The van der Waals surface area contributed by atoms with Crippen molar-refractivity contribution in [3.63, 3.8) is 0 Å². The fourth-order valence-corrected chi connectivity index (χ4v) is 3.39. The van der Waals surface area contributed by atoms with E-state index in [-0.39, 0.29) is 18.2 Å². The molecule has 1 aromatic rings. The highest BCUT2D eigenvalue weighted by Crippen LogP contribution is 2.31. The van der Waals surface area contributed by atoms with Crippen LogP contribution < -0.4 is 0 Å². The van der Waals surface area contributed by atoms with E-state index in [9.17, 15) is 8.42 Å². The van der Waals surface area contributed by atoms with Gasteiger partial charge in [-0.15, -0.1) is 12.4 Å². The number of likely N-dealkylation sites (tertiary alicyclic amines) is 1. The van der Waals surface area contributed by atoms with Crippen LogP contribution in [0.4, 0.5) is 0 Å². The van der Waals surface area contributed by atoms with Crippen LogP contribution in [-0.4, -0.2) is 70.0 Å². The highest BCUT2D eigenvalue weighted by atomic mass is 35.5. The fourth-order valence-electron chi connectivity index (χ4n) is 2.80. The molecule has 1 aliphatic heterocycles. The lowest BCUT2D eigenvalue weighted by Crippen LogP contribution is -2.35. The molecule has 0 unspecified atom stereocenters. The Hall–Kier alpha value is -0.560. The van der Waals surface area contributed by atoms with Crippen LogP contribution in [0.5, 0.6) is 0 Å². The molecule has 0 amide bonds. The van der Waals surface area contributed by atoms with Gasteiger partial charge in [0, 0.05) is 37.8 Å². The molecule has 2 atom stereocenters. The average molecular weight is 337 g/mol. The van der Waals surface area contributed by atoms with E-state index < -0.39 is 9.84 Å². The van der Waals surface area contributed by atoms with Crippen LogP contribution in [0.1, 0.15) is 17.4 Å². The van der Waals surface area contributed by atoms with E-state index in [1.165, 1.54) is 6.26 Å². The molecule has 2 rings (SSSR count). The summed E-state index contributed by atoms with van der Waals surface area (Å²) < 4.78 is 28.4. The molecule has 0 N–H and O–H groups in total. The number of halogens is 1. The zero-order valence-corrected chi connectivity index (χ0v) is 14.7. The Balaban J connectivity index is 0.00000220. The van der Waals surface area contributed by atoms with Gasteiger partial charge in [0.15, 0.2) is 0 Å². The lowest BCUT2D eigenvalue weighted by Gasteiger charge is -2.23. The second kappa shape index (κ2) is 7.13. The van der Waals surface area contributed by atoms with Gasteiger partial charge in [-0.1, -0.05) is 0 Å². The van der Waals surface area contributed by atoms with E-state index in [1.807, 2.05) is 19.1 Å². The number of furan rings is 1. The van der Waals surface area contributed by atoms with Crippen molar-refractivity contribution in [3.8, 4) is 0 Å². The molecule has 0 saturated carbocycles. The number of hydrogen-bond acceptors (Lipinski definition) is 5. The second-order valence-corrected chi connectivity index (χ2v) is 8.24. The lowest BCUT2D eigenvalue weighted by molar-refractivity contribution is 0.259. The molecule has 7 heteroatoms. The number of hydrogen-bond donors (Lipinski definition) is 0. The third-order valence-corrected chi connectivity index (χ3v) is 4.86. The minimum absolute atomic E-state index is 0. The summed E-state index contributed by atoms with van der Waals surface area (Å²) in [6.07, 6.45) is 1.29. The van der Waals surface area contributed by atoms with E-state index in [0.29, 0.717) is 18.5 Å². The summed E-state index contributed by atoms with van der Waals surface area (Å²) in [6.45, 7) is 4.28. The molecule has 21 heavy (non-hydrogen) atoms. The number of rotatable bonds is 5. The molecule has 1 aromatic heterocycles. The van der Waals surface area contributed by atoms with Crippen LogP contribution in [0.3, 0.4) is 0 Å². The Morgan fingerprint density at radius 1 is 1.33 bits per heavy atom. The first kappa shape index (κ1) is 18.5. The van der Waals surface area contributed by atoms with Gasteiger partial charge < -0.3 is 9.32 Å². The van der Waals surface area contributed by atoms with Crippen molar-refractivity contribution in [2.75, 3.05) is 45.7 Å². The average Bonchev–Trinajstić information content (AvgIpc) is 2.91. The summed E-state index contributed by atoms with van der Waals surface area (Å²) in [5, 5.41) is 0. The predicted molar refractivity (Wildman–Crippen MR) is 87.1 cm³/mol. The van der Waals surface area contributed by atoms with Crippen LogP contribution in [0.2, 0.25) is 0 Å². The Labute approximate surface area is 133 Å². The molecule has 0 bridgehead atoms. The van der Waals surface area contributed by atoms with E-state index >= 15 is 0 Å². The number of sulfone groups is 1. The molecule has 1 fully saturated rings. The van der Waals surface area contributed by atoms with Crippen molar-refractivity contribution < 1.29 is 12.8 Å². The molecule has 1 saturated heterocycles. The molecule has 0 aliphatic carbocycles. The van der Waals surface area contributed by atoms with Gasteiger partial charge in [0.1, 0.15) is 21.4 Å². The summed E-state index contributed by atoms with van der Waals surface area (Å²) in [4.78, 5) is 4.41. The van der Waals surface area contributed by atoms with E-state index in [2.05, 4.69) is 23.9 Å². The molecular weight excluding hydrogens is 312 g/mol. The maximum Gasteiger partial charge on any atom is 0.148 e. The van der Waals surface area contributed by atoms with Crippen molar-refractivity contribution in [2.45, 2.75) is 18.9 Å². The number of aryl methyl sites for hydroxylation is 1. The molecule has 122 valence electrons. The summed E-state index contributed by atoms with van der Waals surface area (Å²) in [5.74, 6) is 2.45. The first-order valence-electron chi connectivity index (χ1n) is 6.89. The minimum Gasteiger partial charge on any atom is -0.466 e. The minimum atomic E-state index is -2.91. The Bertz CT molecular complexity index is 556. The van der Waals surface area contributed by atoms with E-state index in [1.54, 1.807) is 0 Å². The monoisotopic (exact) mass is 336 g/mol. The molecule has 1 aliphatic rings. The van der Waals surface area contributed by atoms with Gasteiger partial charge in [-0.3, -0.25) is 4.90 Å². The second-order valence-electron chi connectivity index (χ2n) is 5.98. The summed E-state index contributed by atoms with van der Waals surface area (Å²) in [7, 11) is 1.22. The van der Waals surface area contributed by atoms with Gasteiger partial charge >= 0.3 is 0 Å². The van der Waals surface area contributed by atoms with Crippen LogP contribution in [-0.2, 0) is 9.84 Å². The highest BCUT2D eigenvalue weighted by molar-refractivity contribution is 7.90. The van der Waals surface area contributed by atoms with E-state index in [4.69, 9.17) is 4.42 Å². The Kier molecular flexibility index (Phi) is 6.28. The molecule has 0 radical (unpaired) electrons. The lowest BCUT2D eigenvalue weighted by atomic mass is 10.0. The van der Waals surface area contributed by atoms with Crippen LogP contribution in [0.25, 0.3) is 0 Å². The van der Waals surface area contributed by atoms with Crippen LogP contribution in [0, 0.1) is 6.92 Å². The van der Waals surface area contributed by atoms with Gasteiger partial charge in [-0.2, -0.15) is 0 Å². The molecule has 5 nitrogen and oxygen atoms in total. The Morgan fingerprint density at radius 3 is 2.48 bits per heavy atom. The van der Waals surface area contributed by atoms with Crippen LogP contribution in [0.15, 0.2) is 16.5 Å². The van der Waals surface area contributed by atoms with Crippen LogP contribution >= 0.6 is 12.4 Å². The summed E-state index contributed by atoms with van der Waals surface area (Å²) in [5.41, 5.74) is 0. The van der Waals surface area contributed by atoms with E-state index in [0.717, 1.165) is 24.6 Å². The molecule has 0 aromatic carbocycles. The quantitative estimate of drug-likeness (QED) is 0.813. The van der Waals surface area contributed by atoms with Gasteiger partial charge in [0.25, 0.3) is 0 Å². The normalized spacial score (nSPS) is 23.5. The zero-order chi connectivity index (χ0) is 14.9. The Morgan fingerprint density at radius 2 is 2.00 bits per heavy atom. The van der Waals surface area contributed by atoms with Gasteiger partial charge in [-0.25, -0.2) is 8.42 Å². The zero-order valence-electron chi connectivity index (χ0n) is 13.1. The van der Waals surface area contributed by atoms with Crippen molar-refractivity contribution in [3.05, 3.63) is 23.7 Å². The predicted octanol–water partition coefficient (Wildman–Crippen LogP) is 1.38. The van der Waals surface area contributed by atoms with Gasteiger partial charge in [0.2, 0.25) is 0 Å². The topological polar surface area (TPSA) is 53.8 Å². The summed E-state index contributed by atoms with van der Waals surface area (Å²) >= 11 is 0. The molecular formula is C14H25ClN2O3S. The first-order chi connectivity index (χ1) is 9.26. The highest BCUT2D eigenvalue weighted by Gasteiger charge is 2.36. The molecule has 0 spiro atoms. The standard InChI is InChI=1S/C14H24N2O3S.ClH/c1-11-5-6-14(19-11)12-9-16(7-8-20(4,17)18)10-13(12)15(2)3;/h5-6,12-13H,7-10H2,1-4H3;1H/t12-,13-;/m0./s1. The number of likely N-dealkylation sites (N-methyl/N-ethyl adjacent to an activating group) is 1. The van der Waals surface area contributed by atoms with Crippen molar-refractivity contribution >= 4 is 22.2 Å². The van der Waals surface area contributed by atoms with Crippen molar-refractivity contribution in [2.24, 2.45) is 0 Å². The SMILES string of the molecule is Cc1ccc([C@H]2CN(CCS(C)(=O)=O)C[C@@H]2N(C)C)o1.Cl. The van der Waals surface area contributed by atoms with Crippen molar-refractivity contribution in [1.82, 2.24) is 9.80 Å². The molecule has 2 heterocycles. The smallest absolute Gasteiger partial charge is 0.148 e. The first-order valence-corrected chi connectivity index (χ1v) is 8.95. The maximum atomic E-state index is 11.3. The largest absolute Gasteiger partial charge is 0.466 e. The van der Waals surface area contributed by atoms with Gasteiger partial charge in [-0.05, 0) is 33.2 Å². The maximum absolute atomic E-state index is 11.3. The van der Waals surface area contributed by atoms with Gasteiger partial charge in [0.05, 0.1) is 5.75 Å². The third kappa shape index (κ3) is 4.98. The third-order valence-electron chi connectivity index (χ3n) is 3.93.